The molecule has 1 aliphatic rings. The SMILES string of the molecule is COOSc1cc(Cl)ccc1C(=O)c1c2n(c3cc(F)cc(S(C)(=O)=O)c13)CCC2CC(=O)O. The van der Waals surface area contributed by atoms with Crippen LogP contribution in [0.25, 0.3) is 10.9 Å². The molecule has 1 unspecified atom stereocenters. The van der Waals surface area contributed by atoms with Crippen molar-refractivity contribution >= 4 is 56.1 Å². The third kappa shape index (κ3) is 4.46. The highest BCUT2D eigenvalue weighted by molar-refractivity contribution is 7.94. The highest BCUT2D eigenvalue weighted by atomic mass is 35.5. The van der Waals surface area contributed by atoms with E-state index in [9.17, 15) is 27.5 Å². The quantitative estimate of drug-likeness (QED) is 0.195. The van der Waals surface area contributed by atoms with Crippen molar-refractivity contribution < 1.29 is 36.7 Å². The van der Waals surface area contributed by atoms with E-state index < -0.39 is 33.3 Å². The predicted molar refractivity (Wildman–Crippen MR) is 123 cm³/mol. The topological polar surface area (TPSA) is 112 Å². The van der Waals surface area contributed by atoms with Gasteiger partial charge in [-0.05, 0) is 36.8 Å². The standard InChI is InChI=1S/C22H19ClFNO7S2/c1-31-32-33-16-8-12(23)3-4-14(16)22(28)20-19-15(9-13(24)10-17(19)34(2,29)30)25-6-5-11(21(20)25)7-18(26)27/h3-4,8-11H,5-7H2,1-2H3,(H,26,27). The molecule has 12 heteroatoms. The number of fused-ring (bicyclic) bond motifs is 3. The number of hydrogen-bond acceptors (Lipinski definition) is 7. The van der Waals surface area contributed by atoms with Crippen LogP contribution >= 0.6 is 23.6 Å². The molecule has 2 aromatic carbocycles. The summed E-state index contributed by atoms with van der Waals surface area (Å²) in [5, 5.41) is 9.82. The molecule has 0 saturated carbocycles. The van der Waals surface area contributed by atoms with E-state index in [1.54, 1.807) is 4.57 Å². The van der Waals surface area contributed by atoms with Crippen LogP contribution in [0, 0.1) is 5.82 Å². The zero-order valence-electron chi connectivity index (χ0n) is 18.0. The summed E-state index contributed by atoms with van der Waals surface area (Å²) in [5.74, 6) is -2.96. The molecule has 0 amide bonds. The second kappa shape index (κ2) is 9.31. The van der Waals surface area contributed by atoms with E-state index in [0.717, 1.165) is 24.4 Å². The molecule has 4 rings (SSSR count). The summed E-state index contributed by atoms with van der Waals surface area (Å²) in [6, 6.07) is 6.49. The number of ketones is 1. The molecule has 3 aromatic rings. The molecule has 34 heavy (non-hydrogen) atoms. The minimum atomic E-state index is -3.94. The number of nitrogens with zero attached hydrogens (tertiary/aromatic N) is 1. The second-order valence-corrected chi connectivity index (χ2v) is 11.0. The molecule has 0 fully saturated rings. The van der Waals surface area contributed by atoms with Crippen LogP contribution < -0.4 is 0 Å². The lowest BCUT2D eigenvalue weighted by Gasteiger charge is -2.13. The number of halogens is 2. The molecule has 0 aliphatic carbocycles. The number of carboxylic acid groups (broad SMARTS) is 1. The van der Waals surface area contributed by atoms with Crippen LogP contribution in [-0.2, 0) is 30.4 Å². The molecular weight excluding hydrogens is 509 g/mol. The number of hydrogen-bond donors (Lipinski definition) is 1. The van der Waals surface area contributed by atoms with Gasteiger partial charge in [0.1, 0.15) is 5.82 Å². The molecule has 0 saturated heterocycles. The number of carbonyl (C=O) groups is 2. The Morgan fingerprint density at radius 2 is 2.03 bits per heavy atom. The van der Waals surface area contributed by atoms with E-state index >= 15 is 0 Å². The van der Waals surface area contributed by atoms with Crippen LogP contribution in [0.1, 0.15) is 40.4 Å². The number of sulfone groups is 1. The number of rotatable bonds is 8. The first-order valence-electron chi connectivity index (χ1n) is 10.0. The van der Waals surface area contributed by atoms with E-state index in [4.69, 9.17) is 15.9 Å². The maximum absolute atomic E-state index is 14.5. The van der Waals surface area contributed by atoms with Crippen LogP contribution in [0.5, 0.6) is 0 Å². The molecule has 180 valence electrons. The van der Waals surface area contributed by atoms with E-state index in [1.807, 2.05) is 0 Å². The van der Waals surface area contributed by atoms with Gasteiger partial charge in [-0.1, -0.05) is 11.6 Å². The Morgan fingerprint density at radius 3 is 2.68 bits per heavy atom. The second-order valence-electron chi connectivity index (χ2n) is 7.85. The van der Waals surface area contributed by atoms with E-state index in [1.165, 1.54) is 31.4 Å². The zero-order valence-corrected chi connectivity index (χ0v) is 20.4. The summed E-state index contributed by atoms with van der Waals surface area (Å²) < 4.78 is 46.2. The summed E-state index contributed by atoms with van der Waals surface area (Å²) >= 11 is 6.83. The van der Waals surface area contributed by atoms with E-state index in [2.05, 4.69) is 4.89 Å². The first-order valence-corrected chi connectivity index (χ1v) is 13.0. The monoisotopic (exact) mass is 527 g/mol. The fourth-order valence-corrected chi connectivity index (χ4v) is 6.11. The summed E-state index contributed by atoms with van der Waals surface area (Å²) in [6.07, 6.45) is 1.09. The number of aliphatic carboxylic acids is 1. The highest BCUT2D eigenvalue weighted by Crippen LogP contribution is 2.44. The minimum Gasteiger partial charge on any atom is -0.481 e. The molecular formula is C22H19ClFNO7S2. The Labute approximate surface area is 203 Å². The number of benzene rings is 2. The minimum absolute atomic E-state index is 0.0285. The van der Waals surface area contributed by atoms with Crippen molar-refractivity contribution in [2.45, 2.75) is 35.1 Å². The number of aryl methyl sites for hydroxylation is 1. The average molecular weight is 528 g/mol. The fraction of sp³-hybridized carbons (Fsp3) is 0.273. The zero-order chi connectivity index (χ0) is 24.8. The number of carbonyl (C=O) groups excluding carboxylic acids is 1. The number of aromatic nitrogens is 1. The van der Waals surface area contributed by atoms with Gasteiger partial charge in [0.15, 0.2) is 15.6 Å². The predicted octanol–water partition coefficient (Wildman–Crippen LogP) is 4.62. The van der Waals surface area contributed by atoms with Gasteiger partial charge in [-0.3, -0.25) is 9.59 Å². The van der Waals surface area contributed by atoms with Crippen molar-refractivity contribution in [2.24, 2.45) is 0 Å². The molecule has 0 bridgehead atoms. The average Bonchev–Trinajstić information content (AvgIpc) is 3.28. The number of carboxylic acids is 1. The van der Waals surface area contributed by atoms with Crippen molar-refractivity contribution in [3.05, 3.63) is 58.0 Å². The smallest absolute Gasteiger partial charge is 0.304 e. The summed E-state index contributed by atoms with van der Waals surface area (Å²) in [4.78, 5) is 30.1. The molecule has 1 atom stereocenters. The third-order valence-corrected chi connectivity index (χ3v) is 7.73. The van der Waals surface area contributed by atoms with Gasteiger partial charge >= 0.3 is 5.97 Å². The lowest BCUT2D eigenvalue weighted by atomic mass is 9.92. The van der Waals surface area contributed by atoms with Gasteiger partial charge in [0.05, 0.1) is 46.4 Å². The molecule has 1 aliphatic heterocycles. The first kappa shape index (κ1) is 24.7. The maximum Gasteiger partial charge on any atom is 0.304 e. The van der Waals surface area contributed by atoms with E-state index in [-0.39, 0.29) is 33.3 Å². The molecule has 2 heterocycles. The van der Waals surface area contributed by atoms with Crippen LogP contribution in [0.2, 0.25) is 5.02 Å². The molecule has 1 N–H and O–H groups in total. The van der Waals surface area contributed by atoms with Crippen molar-refractivity contribution in [1.29, 1.82) is 0 Å². The normalized spacial score (nSPS) is 15.6. The van der Waals surface area contributed by atoms with Crippen molar-refractivity contribution in [3.8, 4) is 0 Å². The summed E-state index contributed by atoms with van der Waals surface area (Å²) in [7, 11) is -2.65. The van der Waals surface area contributed by atoms with Gasteiger partial charge in [-0.25, -0.2) is 17.7 Å². The molecule has 0 radical (unpaired) electrons. The van der Waals surface area contributed by atoms with Gasteiger partial charge in [0, 0.05) is 40.4 Å². The van der Waals surface area contributed by atoms with Gasteiger partial charge in [-0.15, -0.1) is 0 Å². The maximum atomic E-state index is 14.5. The van der Waals surface area contributed by atoms with Crippen LogP contribution in [-0.4, -0.2) is 43.2 Å². The third-order valence-electron chi connectivity index (χ3n) is 5.65. The Kier molecular flexibility index (Phi) is 6.76. The molecule has 8 nitrogen and oxygen atoms in total. The van der Waals surface area contributed by atoms with E-state index in [0.29, 0.717) is 28.6 Å². The van der Waals surface area contributed by atoms with Gasteiger partial charge in [0.25, 0.3) is 0 Å². The first-order chi connectivity index (χ1) is 16.0. The van der Waals surface area contributed by atoms with Crippen LogP contribution in [0.4, 0.5) is 4.39 Å². The van der Waals surface area contributed by atoms with Crippen LogP contribution in [0.3, 0.4) is 0 Å². The van der Waals surface area contributed by atoms with Gasteiger partial charge < -0.3 is 9.67 Å². The van der Waals surface area contributed by atoms with Gasteiger partial charge in [-0.2, -0.15) is 4.33 Å². The Morgan fingerprint density at radius 1 is 1.29 bits per heavy atom. The summed E-state index contributed by atoms with van der Waals surface area (Å²) in [5.41, 5.74) is 0.770. The Bertz CT molecular complexity index is 1440. The summed E-state index contributed by atoms with van der Waals surface area (Å²) in [6.45, 7) is 0.318. The van der Waals surface area contributed by atoms with Crippen molar-refractivity contribution in [3.63, 3.8) is 0 Å². The van der Waals surface area contributed by atoms with Crippen LogP contribution in [0.15, 0.2) is 40.1 Å². The lowest BCUT2D eigenvalue weighted by Crippen LogP contribution is -2.11. The highest BCUT2D eigenvalue weighted by Gasteiger charge is 2.36. The van der Waals surface area contributed by atoms with Gasteiger partial charge in [0.2, 0.25) is 0 Å². The molecule has 1 aromatic heterocycles. The Hall–Kier alpha value is -2.44. The Balaban J connectivity index is 2.06. The molecule has 0 spiro atoms. The largest absolute Gasteiger partial charge is 0.481 e. The van der Waals surface area contributed by atoms with Crippen molar-refractivity contribution in [1.82, 2.24) is 4.57 Å². The fourth-order valence-electron chi connectivity index (χ4n) is 4.40. The van der Waals surface area contributed by atoms with Crippen molar-refractivity contribution in [2.75, 3.05) is 13.4 Å². The lowest BCUT2D eigenvalue weighted by molar-refractivity contribution is -0.160.